The molecule has 0 aromatic heterocycles. The molecule has 4 nitrogen and oxygen atoms in total. The van der Waals surface area contributed by atoms with E-state index < -0.39 is 0 Å². The van der Waals surface area contributed by atoms with Gasteiger partial charge in [0.05, 0.1) is 18.7 Å². The first kappa shape index (κ1) is 15.3. The molecular weight excluding hydrogens is 320 g/mol. The Balaban J connectivity index is 2.07. The standard InChI is InChI=1S/C15H21BrN2O2/c1-2-14(12-7-3-4-8-13(12)16)17-15(20)18-9-5-6-11(18)10-19/h3-4,7-8,11,14,19H,2,5-6,9-10H2,1H3,(H,17,20)/t11-,14-/m1/s1. The molecule has 110 valence electrons. The SMILES string of the molecule is CC[C@@H](NC(=O)N1CCC[C@@H]1CO)c1ccccc1Br. The minimum Gasteiger partial charge on any atom is -0.394 e. The van der Waals surface area contributed by atoms with Crippen molar-refractivity contribution in [1.82, 2.24) is 10.2 Å². The van der Waals surface area contributed by atoms with Gasteiger partial charge in [-0.1, -0.05) is 41.1 Å². The van der Waals surface area contributed by atoms with E-state index in [2.05, 4.69) is 28.2 Å². The summed E-state index contributed by atoms with van der Waals surface area (Å²) in [5.41, 5.74) is 1.09. The van der Waals surface area contributed by atoms with Gasteiger partial charge < -0.3 is 15.3 Å². The van der Waals surface area contributed by atoms with Gasteiger partial charge in [0.25, 0.3) is 0 Å². The molecule has 1 fully saturated rings. The number of amides is 2. The van der Waals surface area contributed by atoms with Gasteiger partial charge in [0.2, 0.25) is 0 Å². The van der Waals surface area contributed by atoms with Crippen LogP contribution in [0.3, 0.4) is 0 Å². The van der Waals surface area contributed by atoms with Crippen LogP contribution < -0.4 is 5.32 Å². The number of halogens is 1. The Morgan fingerprint density at radius 1 is 1.55 bits per heavy atom. The van der Waals surface area contributed by atoms with E-state index in [4.69, 9.17) is 0 Å². The van der Waals surface area contributed by atoms with E-state index in [1.165, 1.54) is 0 Å². The average molecular weight is 341 g/mol. The van der Waals surface area contributed by atoms with Crippen LogP contribution in [0.25, 0.3) is 0 Å². The fourth-order valence-electron chi connectivity index (χ4n) is 2.68. The summed E-state index contributed by atoms with van der Waals surface area (Å²) in [5.74, 6) is 0. The smallest absolute Gasteiger partial charge is 0.318 e. The molecule has 1 aromatic rings. The van der Waals surface area contributed by atoms with E-state index in [0.29, 0.717) is 0 Å². The van der Waals surface area contributed by atoms with E-state index in [1.807, 2.05) is 24.3 Å². The first-order valence-corrected chi connectivity index (χ1v) is 7.89. The van der Waals surface area contributed by atoms with E-state index in [1.54, 1.807) is 4.90 Å². The third-order valence-electron chi connectivity index (χ3n) is 3.84. The lowest BCUT2D eigenvalue weighted by atomic mass is 10.0. The van der Waals surface area contributed by atoms with Crippen molar-refractivity contribution in [3.05, 3.63) is 34.3 Å². The first-order valence-electron chi connectivity index (χ1n) is 7.09. The van der Waals surface area contributed by atoms with Gasteiger partial charge in [0.15, 0.2) is 0 Å². The summed E-state index contributed by atoms with van der Waals surface area (Å²) in [6.45, 7) is 2.82. The first-order chi connectivity index (χ1) is 9.67. The Labute approximate surface area is 128 Å². The predicted octanol–water partition coefficient (Wildman–Crippen LogP) is 3.07. The molecule has 0 aliphatic carbocycles. The molecule has 1 aromatic carbocycles. The Kier molecular flexibility index (Phi) is 5.43. The lowest BCUT2D eigenvalue weighted by Gasteiger charge is -2.27. The number of hydrogen-bond acceptors (Lipinski definition) is 2. The summed E-state index contributed by atoms with van der Waals surface area (Å²) in [5, 5.41) is 12.4. The highest BCUT2D eigenvalue weighted by atomic mass is 79.9. The molecule has 2 atom stereocenters. The number of likely N-dealkylation sites (tertiary alicyclic amines) is 1. The molecule has 2 rings (SSSR count). The van der Waals surface area contributed by atoms with E-state index in [-0.39, 0.29) is 24.7 Å². The summed E-state index contributed by atoms with van der Waals surface area (Å²) in [7, 11) is 0. The quantitative estimate of drug-likeness (QED) is 0.884. The zero-order chi connectivity index (χ0) is 14.5. The summed E-state index contributed by atoms with van der Waals surface area (Å²) in [4.78, 5) is 14.1. The molecule has 5 heteroatoms. The number of aliphatic hydroxyl groups excluding tert-OH is 1. The third-order valence-corrected chi connectivity index (χ3v) is 4.56. The van der Waals surface area contributed by atoms with Gasteiger partial charge in [0.1, 0.15) is 0 Å². The van der Waals surface area contributed by atoms with Gasteiger partial charge in [-0.2, -0.15) is 0 Å². The van der Waals surface area contributed by atoms with Crippen molar-refractivity contribution in [2.75, 3.05) is 13.2 Å². The minimum absolute atomic E-state index is 0.0157. The zero-order valence-corrected chi connectivity index (χ0v) is 13.3. The van der Waals surface area contributed by atoms with Crippen LogP contribution in [-0.2, 0) is 0 Å². The second-order valence-electron chi connectivity index (χ2n) is 5.10. The number of carbonyl (C=O) groups is 1. The summed E-state index contributed by atoms with van der Waals surface area (Å²) in [6.07, 6.45) is 2.67. The molecule has 20 heavy (non-hydrogen) atoms. The van der Waals surface area contributed by atoms with Gasteiger partial charge in [-0.05, 0) is 30.9 Å². The van der Waals surface area contributed by atoms with Crippen molar-refractivity contribution in [2.45, 2.75) is 38.3 Å². The molecule has 1 aliphatic rings. The summed E-state index contributed by atoms with van der Waals surface area (Å²) < 4.78 is 1.01. The maximum Gasteiger partial charge on any atom is 0.318 e. The van der Waals surface area contributed by atoms with Crippen molar-refractivity contribution in [2.24, 2.45) is 0 Å². The molecule has 2 N–H and O–H groups in total. The molecule has 1 aliphatic heterocycles. The van der Waals surface area contributed by atoms with Crippen LogP contribution >= 0.6 is 15.9 Å². The molecule has 0 unspecified atom stereocenters. The number of aliphatic hydroxyl groups is 1. The summed E-state index contributed by atoms with van der Waals surface area (Å²) >= 11 is 3.53. The maximum atomic E-state index is 12.4. The second kappa shape index (κ2) is 7.09. The van der Waals surface area contributed by atoms with E-state index in [0.717, 1.165) is 35.8 Å². The highest BCUT2D eigenvalue weighted by molar-refractivity contribution is 9.10. The number of nitrogens with zero attached hydrogens (tertiary/aromatic N) is 1. The van der Waals surface area contributed by atoms with Crippen LogP contribution in [-0.4, -0.2) is 35.2 Å². The van der Waals surface area contributed by atoms with Crippen molar-refractivity contribution < 1.29 is 9.90 Å². The number of nitrogens with one attached hydrogen (secondary N) is 1. The molecule has 0 spiro atoms. The van der Waals surface area contributed by atoms with Gasteiger partial charge in [0, 0.05) is 11.0 Å². The molecule has 0 bridgehead atoms. The fourth-order valence-corrected chi connectivity index (χ4v) is 3.24. The van der Waals surface area contributed by atoms with Crippen LogP contribution in [0.1, 0.15) is 37.8 Å². The summed E-state index contributed by atoms with van der Waals surface area (Å²) in [6, 6.07) is 7.81. The van der Waals surface area contributed by atoms with Crippen molar-refractivity contribution in [3.8, 4) is 0 Å². The zero-order valence-electron chi connectivity index (χ0n) is 11.7. The number of urea groups is 1. The highest BCUT2D eigenvalue weighted by Gasteiger charge is 2.29. The monoisotopic (exact) mass is 340 g/mol. The average Bonchev–Trinajstić information content (AvgIpc) is 2.94. The van der Waals surface area contributed by atoms with Crippen LogP contribution in [0.4, 0.5) is 4.79 Å². The van der Waals surface area contributed by atoms with Crippen LogP contribution in [0.2, 0.25) is 0 Å². The van der Waals surface area contributed by atoms with E-state index >= 15 is 0 Å². The largest absolute Gasteiger partial charge is 0.394 e. The molecule has 0 radical (unpaired) electrons. The van der Waals surface area contributed by atoms with Crippen molar-refractivity contribution in [1.29, 1.82) is 0 Å². The third kappa shape index (κ3) is 3.33. The number of rotatable bonds is 4. The minimum atomic E-state index is -0.0795. The Hall–Kier alpha value is -1.07. The van der Waals surface area contributed by atoms with Crippen LogP contribution in [0, 0.1) is 0 Å². The Morgan fingerprint density at radius 2 is 2.30 bits per heavy atom. The van der Waals surface area contributed by atoms with Gasteiger partial charge >= 0.3 is 6.03 Å². The molecular formula is C15H21BrN2O2. The van der Waals surface area contributed by atoms with Gasteiger partial charge in [-0.25, -0.2) is 4.79 Å². The van der Waals surface area contributed by atoms with Crippen LogP contribution in [0.15, 0.2) is 28.7 Å². The Bertz CT molecular complexity index is 467. The van der Waals surface area contributed by atoms with Crippen molar-refractivity contribution >= 4 is 22.0 Å². The lowest BCUT2D eigenvalue weighted by Crippen LogP contribution is -2.45. The number of carbonyl (C=O) groups excluding carboxylic acids is 1. The molecule has 1 saturated heterocycles. The van der Waals surface area contributed by atoms with Crippen LogP contribution in [0.5, 0.6) is 0 Å². The molecule has 1 heterocycles. The fraction of sp³-hybridized carbons (Fsp3) is 0.533. The number of hydrogen-bond donors (Lipinski definition) is 2. The topological polar surface area (TPSA) is 52.6 Å². The number of benzene rings is 1. The second-order valence-corrected chi connectivity index (χ2v) is 5.96. The van der Waals surface area contributed by atoms with Crippen molar-refractivity contribution in [3.63, 3.8) is 0 Å². The molecule has 0 saturated carbocycles. The normalized spacial score (nSPS) is 19.9. The highest BCUT2D eigenvalue weighted by Crippen LogP contribution is 2.26. The molecule has 2 amide bonds. The lowest BCUT2D eigenvalue weighted by molar-refractivity contribution is 0.154. The maximum absolute atomic E-state index is 12.4. The van der Waals surface area contributed by atoms with Gasteiger partial charge in [-0.15, -0.1) is 0 Å². The Morgan fingerprint density at radius 3 is 2.95 bits per heavy atom. The van der Waals surface area contributed by atoms with E-state index in [9.17, 15) is 9.90 Å². The predicted molar refractivity (Wildman–Crippen MR) is 82.5 cm³/mol. The van der Waals surface area contributed by atoms with Gasteiger partial charge in [-0.3, -0.25) is 0 Å².